The molecule has 1 N–H and O–H groups in total. The standard InChI is InChI=1S/C21H33NO2/c1-7-12-20(3,4)15(2)14-21(5,6)24-17-10-8-16-9-11-19(23)22-18(16)13-17/h8,10,13,15H,7,9,11-12,14H2,1-6H3,(H,22,23). The molecule has 1 atom stereocenters. The molecule has 0 saturated carbocycles. The van der Waals surface area contributed by atoms with Gasteiger partial charge >= 0.3 is 0 Å². The number of carbonyl (C=O) groups excluding carboxylic acids is 1. The second-order valence-corrected chi connectivity index (χ2v) is 8.57. The van der Waals surface area contributed by atoms with Gasteiger partial charge in [0.05, 0.1) is 0 Å². The van der Waals surface area contributed by atoms with Crippen LogP contribution < -0.4 is 10.1 Å². The number of anilines is 1. The van der Waals surface area contributed by atoms with Crippen molar-refractivity contribution in [1.29, 1.82) is 0 Å². The fourth-order valence-electron chi connectivity index (χ4n) is 3.68. The number of aryl methyl sites for hydroxylation is 1. The number of fused-ring (bicyclic) bond motifs is 1. The van der Waals surface area contributed by atoms with Gasteiger partial charge in [0.15, 0.2) is 0 Å². The first-order valence-electron chi connectivity index (χ1n) is 9.25. The van der Waals surface area contributed by atoms with Crippen LogP contribution >= 0.6 is 0 Å². The highest BCUT2D eigenvalue weighted by Crippen LogP contribution is 2.38. The fraction of sp³-hybridized carbons (Fsp3) is 0.667. The van der Waals surface area contributed by atoms with Crippen LogP contribution in [0.4, 0.5) is 5.69 Å². The quantitative estimate of drug-likeness (QED) is 0.708. The van der Waals surface area contributed by atoms with Crippen molar-refractivity contribution in [3.63, 3.8) is 0 Å². The van der Waals surface area contributed by atoms with Crippen LogP contribution in [0.3, 0.4) is 0 Å². The molecule has 0 fully saturated rings. The van der Waals surface area contributed by atoms with Gasteiger partial charge in [0.1, 0.15) is 11.4 Å². The number of benzene rings is 1. The van der Waals surface area contributed by atoms with Crippen molar-refractivity contribution < 1.29 is 9.53 Å². The molecular formula is C21H33NO2. The van der Waals surface area contributed by atoms with Crippen LogP contribution in [0.15, 0.2) is 18.2 Å². The Bertz CT molecular complexity index is 590. The average molecular weight is 332 g/mol. The zero-order valence-electron chi connectivity index (χ0n) is 16.2. The topological polar surface area (TPSA) is 38.3 Å². The van der Waals surface area contributed by atoms with Crippen LogP contribution in [0.1, 0.15) is 72.8 Å². The third-order valence-corrected chi connectivity index (χ3v) is 5.40. The lowest BCUT2D eigenvalue weighted by molar-refractivity contribution is -0.116. The van der Waals surface area contributed by atoms with Crippen molar-refractivity contribution in [3.8, 4) is 5.75 Å². The lowest BCUT2D eigenvalue weighted by Gasteiger charge is -2.37. The van der Waals surface area contributed by atoms with E-state index in [-0.39, 0.29) is 11.5 Å². The Labute approximate surface area is 147 Å². The summed E-state index contributed by atoms with van der Waals surface area (Å²) in [5.74, 6) is 1.50. The smallest absolute Gasteiger partial charge is 0.224 e. The van der Waals surface area contributed by atoms with Gasteiger partial charge < -0.3 is 10.1 Å². The van der Waals surface area contributed by atoms with Crippen LogP contribution in [0.2, 0.25) is 0 Å². The molecule has 2 rings (SSSR count). The van der Waals surface area contributed by atoms with Gasteiger partial charge in [-0.25, -0.2) is 0 Å². The maximum Gasteiger partial charge on any atom is 0.224 e. The summed E-state index contributed by atoms with van der Waals surface area (Å²) in [6.45, 7) is 13.6. The molecule has 134 valence electrons. The first-order chi connectivity index (χ1) is 11.1. The molecule has 1 aromatic carbocycles. The highest BCUT2D eigenvalue weighted by molar-refractivity contribution is 5.94. The van der Waals surface area contributed by atoms with Gasteiger partial charge in [0, 0.05) is 18.2 Å². The van der Waals surface area contributed by atoms with Crippen molar-refractivity contribution >= 4 is 11.6 Å². The molecule has 0 aromatic heterocycles. The molecule has 1 heterocycles. The maximum absolute atomic E-state index is 11.6. The molecule has 1 amide bonds. The average Bonchev–Trinajstić information content (AvgIpc) is 2.45. The lowest BCUT2D eigenvalue weighted by atomic mass is 9.72. The Morgan fingerprint density at radius 3 is 2.58 bits per heavy atom. The first-order valence-corrected chi connectivity index (χ1v) is 9.25. The van der Waals surface area contributed by atoms with E-state index in [0.717, 1.165) is 24.3 Å². The number of carbonyl (C=O) groups is 1. The first kappa shape index (κ1) is 18.8. The third kappa shape index (κ3) is 4.75. The number of nitrogens with one attached hydrogen (secondary N) is 1. The minimum absolute atomic E-state index is 0.0915. The van der Waals surface area contributed by atoms with Gasteiger partial charge in [-0.15, -0.1) is 0 Å². The minimum atomic E-state index is -0.239. The van der Waals surface area contributed by atoms with Gasteiger partial charge in [0.2, 0.25) is 5.91 Å². The summed E-state index contributed by atoms with van der Waals surface area (Å²) in [5, 5.41) is 2.95. The van der Waals surface area contributed by atoms with Crippen molar-refractivity contribution in [3.05, 3.63) is 23.8 Å². The van der Waals surface area contributed by atoms with E-state index in [0.29, 0.717) is 17.8 Å². The minimum Gasteiger partial charge on any atom is -0.488 e. The van der Waals surface area contributed by atoms with Crippen LogP contribution in [-0.4, -0.2) is 11.5 Å². The van der Waals surface area contributed by atoms with Gasteiger partial charge in [0.25, 0.3) is 0 Å². The molecule has 1 aromatic rings. The molecule has 3 nitrogen and oxygen atoms in total. The number of hydrogen-bond acceptors (Lipinski definition) is 2. The predicted octanol–water partition coefficient (Wildman–Crippen LogP) is 5.58. The number of rotatable bonds is 7. The second-order valence-electron chi connectivity index (χ2n) is 8.57. The van der Waals surface area contributed by atoms with E-state index in [9.17, 15) is 4.79 Å². The Morgan fingerprint density at radius 1 is 1.21 bits per heavy atom. The summed E-state index contributed by atoms with van der Waals surface area (Å²) in [6, 6.07) is 6.07. The van der Waals surface area contributed by atoms with E-state index in [1.165, 1.54) is 18.4 Å². The molecule has 1 aliphatic heterocycles. The largest absolute Gasteiger partial charge is 0.488 e. The number of ether oxygens (including phenoxy) is 1. The molecule has 0 aliphatic carbocycles. The molecule has 0 saturated heterocycles. The summed E-state index contributed by atoms with van der Waals surface area (Å²) in [4.78, 5) is 11.6. The molecule has 0 radical (unpaired) electrons. The number of amides is 1. The molecule has 0 bridgehead atoms. The van der Waals surface area contributed by atoms with Gasteiger partial charge in [-0.05, 0) is 56.1 Å². The van der Waals surface area contributed by atoms with E-state index in [2.05, 4.69) is 52.9 Å². The van der Waals surface area contributed by atoms with Crippen molar-refractivity contribution in [2.45, 2.75) is 79.2 Å². The van der Waals surface area contributed by atoms with Gasteiger partial charge in [-0.3, -0.25) is 4.79 Å². The van der Waals surface area contributed by atoms with Crippen molar-refractivity contribution in [2.75, 3.05) is 5.32 Å². The zero-order chi connectivity index (χ0) is 18.0. The van der Waals surface area contributed by atoms with E-state index < -0.39 is 0 Å². The molecular weight excluding hydrogens is 298 g/mol. The third-order valence-electron chi connectivity index (χ3n) is 5.40. The van der Waals surface area contributed by atoms with E-state index in [1.807, 2.05) is 12.1 Å². The molecule has 1 aliphatic rings. The fourth-order valence-corrected chi connectivity index (χ4v) is 3.68. The second kappa shape index (κ2) is 7.16. The molecule has 0 spiro atoms. The maximum atomic E-state index is 11.6. The predicted molar refractivity (Wildman–Crippen MR) is 101 cm³/mol. The van der Waals surface area contributed by atoms with Crippen molar-refractivity contribution in [2.24, 2.45) is 11.3 Å². The summed E-state index contributed by atoms with van der Waals surface area (Å²) >= 11 is 0. The van der Waals surface area contributed by atoms with Crippen LogP contribution in [-0.2, 0) is 11.2 Å². The Hall–Kier alpha value is -1.51. The normalized spacial score (nSPS) is 16.3. The summed E-state index contributed by atoms with van der Waals surface area (Å²) in [7, 11) is 0. The SMILES string of the molecule is CCCC(C)(C)C(C)CC(C)(C)Oc1ccc2c(c1)NC(=O)CC2. The summed E-state index contributed by atoms with van der Waals surface area (Å²) < 4.78 is 6.30. The summed E-state index contributed by atoms with van der Waals surface area (Å²) in [6.07, 6.45) is 4.83. The monoisotopic (exact) mass is 331 g/mol. The molecule has 1 unspecified atom stereocenters. The van der Waals surface area contributed by atoms with Gasteiger partial charge in [-0.2, -0.15) is 0 Å². The lowest BCUT2D eigenvalue weighted by Crippen LogP contribution is -2.35. The van der Waals surface area contributed by atoms with Crippen LogP contribution in [0.25, 0.3) is 0 Å². The highest BCUT2D eigenvalue weighted by Gasteiger charge is 2.32. The Kier molecular flexibility index (Phi) is 5.62. The van der Waals surface area contributed by atoms with E-state index in [4.69, 9.17) is 4.74 Å². The van der Waals surface area contributed by atoms with Gasteiger partial charge in [-0.1, -0.05) is 40.2 Å². The summed E-state index contributed by atoms with van der Waals surface area (Å²) in [5.41, 5.74) is 2.17. The highest BCUT2D eigenvalue weighted by atomic mass is 16.5. The van der Waals surface area contributed by atoms with E-state index >= 15 is 0 Å². The van der Waals surface area contributed by atoms with Crippen LogP contribution in [0, 0.1) is 11.3 Å². The van der Waals surface area contributed by atoms with Crippen molar-refractivity contribution in [1.82, 2.24) is 0 Å². The zero-order valence-corrected chi connectivity index (χ0v) is 16.2. The van der Waals surface area contributed by atoms with E-state index in [1.54, 1.807) is 0 Å². The molecule has 24 heavy (non-hydrogen) atoms. The Balaban J connectivity index is 2.06. The Morgan fingerprint density at radius 2 is 1.92 bits per heavy atom. The van der Waals surface area contributed by atoms with Crippen LogP contribution in [0.5, 0.6) is 5.75 Å². The molecule has 3 heteroatoms. The number of hydrogen-bond donors (Lipinski definition) is 1.